The highest BCUT2D eigenvalue weighted by atomic mass is 35.5. The minimum Gasteiger partial charge on any atom is -0.444 e. The van der Waals surface area contributed by atoms with Gasteiger partial charge in [-0.2, -0.15) is 0 Å². The maximum absolute atomic E-state index is 12.6. The van der Waals surface area contributed by atoms with Gasteiger partial charge in [0.25, 0.3) is 0 Å². The molecule has 0 spiro atoms. The number of halogens is 1. The van der Waals surface area contributed by atoms with E-state index in [0.29, 0.717) is 30.3 Å². The maximum Gasteiger partial charge on any atom is 0.226 e. The number of benzene rings is 1. The molecular formula is C21H28ClN3O2. The summed E-state index contributed by atoms with van der Waals surface area (Å²) < 4.78 is 5.56. The van der Waals surface area contributed by atoms with Crippen LogP contribution in [0.3, 0.4) is 0 Å². The third kappa shape index (κ3) is 4.36. The molecule has 3 N–H and O–H groups in total. The summed E-state index contributed by atoms with van der Waals surface area (Å²) in [6.07, 6.45) is 7.09. The van der Waals surface area contributed by atoms with Gasteiger partial charge >= 0.3 is 0 Å². The predicted molar refractivity (Wildman–Crippen MR) is 107 cm³/mol. The molecule has 2 unspecified atom stereocenters. The summed E-state index contributed by atoms with van der Waals surface area (Å²) in [6, 6.07) is 8.35. The second-order valence-corrected chi connectivity index (χ2v) is 7.92. The first-order valence-electron chi connectivity index (χ1n) is 9.65. The molecule has 4 rings (SSSR count). The molecule has 1 aromatic carbocycles. The summed E-state index contributed by atoms with van der Waals surface area (Å²) in [6.45, 7) is 2.46. The number of aryl methyl sites for hydroxylation is 1. The van der Waals surface area contributed by atoms with E-state index in [-0.39, 0.29) is 24.2 Å². The van der Waals surface area contributed by atoms with Crippen molar-refractivity contribution in [3.05, 3.63) is 41.8 Å². The number of carbonyl (C=O) groups is 1. The fourth-order valence-corrected chi connectivity index (χ4v) is 4.54. The van der Waals surface area contributed by atoms with Gasteiger partial charge in [-0.1, -0.05) is 24.1 Å². The molecule has 27 heavy (non-hydrogen) atoms. The molecule has 2 aliphatic carbocycles. The quantitative estimate of drug-likeness (QED) is 0.832. The van der Waals surface area contributed by atoms with E-state index < -0.39 is 0 Å². The van der Waals surface area contributed by atoms with Gasteiger partial charge in [-0.05, 0) is 56.6 Å². The van der Waals surface area contributed by atoms with Crippen LogP contribution < -0.4 is 11.1 Å². The number of hydrogen-bond acceptors (Lipinski definition) is 4. The van der Waals surface area contributed by atoms with Crippen LogP contribution in [0.5, 0.6) is 0 Å². The van der Waals surface area contributed by atoms with Crippen molar-refractivity contribution in [1.29, 1.82) is 0 Å². The molecule has 2 atom stereocenters. The highest BCUT2D eigenvalue weighted by Crippen LogP contribution is 2.41. The van der Waals surface area contributed by atoms with E-state index in [9.17, 15) is 4.79 Å². The minimum absolute atomic E-state index is 0. The van der Waals surface area contributed by atoms with Crippen LogP contribution >= 0.6 is 12.4 Å². The van der Waals surface area contributed by atoms with Crippen molar-refractivity contribution >= 4 is 18.3 Å². The first-order chi connectivity index (χ1) is 12.6. The highest BCUT2D eigenvalue weighted by Gasteiger charge is 2.40. The van der Waals surface area contributed by atoms with Crippen LogP contribution in [0.4, 0.5) is 0 Å². The molecule has 1 aromatic heterocycles. The number of nitrogens with one attached hydrogen (secondary N) is 1. The average Bonchev–Trinajstić information content (AvgIpc) is 3.09. The van der Waals surface area contributed by atoms with E-state index >= 15 is 0 Å². The third-order valence-corrected chi connectivity index (χ3v) is 6.08. The molecule has 146 valence electrons. The fourth-order valence-electron chi connectivity index (χ4n) is 4.54. The number of nitrogens with zero attached hydrogens (tertiary/aromatic N) is 1. The number of aromatic nitrogens is 1. The van der Waals surface area contributed by atoms with Gasteiger partial charge in [0.05, 0.1) is 12.2 Å². The Bertz CT molecular complexity index is 760. The number of nitrogens with two attached hydrogens (primary N) is 1. The molecule has 0 radical (unpaired) electrons. The van der Waals surface area contributed by atoms with Gasteiger partial charge in [-0.3, -0.25) is 4.79 Å². The minimum atomic E-state index is 0. The standard InChI is InChI=1S/C21H27N3O2.ClH/c1-13-5-7-14(8-6-13)21-24-18(12-26-21)11-23-20(25)17-9-15-3-2-4-16(10-17)19(15)22;/h5-8,12,15-17,19H,2-4,9-11,22H2,1H3,(H,23,25);1H. The summed E-state index contributed by atoms with van der Waals surface area (Å²) in [5.41, 5.74) is 9.22. The van der Waals surface area contributed by atoms with Gasteiger partial charge in [0, 0.05) is 17.5 Å². The number of oxazole rings is 1. The normalized spacial score (nSPS) is 26.9. The predicted octanol–water partition coefficient (Wildman–Crippen LogP) is 3.84. The van der Waals surface area contributed by atoms with E-state index in [4.69, 9.17) is 10.2 Å². The van der Waals surface area contributed by atoms with Gasteiger partial charge in [-0.15, -0.1) is 12.4 Å². The van der Waals surface area contributed by atoms with Gasteiger partial charge in [0.2, 0.25) is 11.8 Å². The summed E-state index contributed by atoms with van der Waals surface area (Å²) in [4.78, 5) is 17.1. The Balaban J connectivity index is 0.00000210. The van der Waals surface area contributed by atoms with Crippen LogP contribution in [-0.2, 0) is 11.3 Å². The van der Waals surface area contributed by atoms with Gasteiger partial charge < -0.3 is 15.5 Å². The molecule has 0 saturated heterocycles. The zero-order chi connectivity index (χ0) is 18.1. The van der Waals surface area contributed by atoms with Crippen molar-refractivity contribution < 1.29 is 9.21 Å². The molecule has 2 bridgehead atoms. The highest BCUT2D eigenvalue weighted by molar-refractivity contribution is 5.85. The summed E-state index contributed by atoms with van der Waals surface area (Å²) in [5.74, 6) is 1.84. The zero-order valence-corrected chi connectivity index (χ0v) is 16.5. The first kappa shape index (κ1) is 19.9. The van der Waals surface area contributed by atoms with E-state index in [1.807, 2.05) is 31.2 Å². The van der Waals surface area contributed by atoms with Crippen LogP contribution in [0, 0.1) is 24.7 Å². The Hall–Kier alpha value is -1.85. The molecule has 1 amide bonds. The number of hydrogen-bond donors (Lipinski definition) is 2. The van der Waals surface area contributed by atoms with Crippen molar-refractivity contribution in [1.82, 2.24) is 10.3 Å². The van der Waals surface area contributed by atoms with E-state index in [2.05, 4.69) is 10.3 Å². The third-order valence-electron chi connectivity index (χ3n) is 6.08. The SMILES string of the molecule is Cc1ccc(-c2nc(CNC(=O)C3CC4CCCC(C3)C4N)co2)cc1.Cl. The van der Waals surface area contributed by atoms with Crippen molar-refractivity contribution in [2.24, 2.45) is 23.5 Å². The fraction of sp³-hybridized carbons (Fsp3) is 0.524. The number of carbonyl (C=O) groups excluding carboxylic acids is 1. The van der Waals surface area contributed by atoms with Gasteiger partial charge in [0.15, 0.2) is 0 Å². The second kappa shape index (κ2) is 8.44. The van der Waals surface area contributed by atoms with Crippen molar-refractivity contribution in [3.8, 4) is 11.5 Å². The number of amides is 1. The molecule has 5 nitrogen and oxygen atoms in total. The lowest BCUT2D eigenvalue weighted by atomic mass is 9.65. The number of fused-ring (bicyclic) bond motifs is 2. The Morgan fingerprint density at radius 2 is 1.89 bits per heavy atom. The van der Waals surface area contributed by atoms with Crippen molar-refractivity contribution in [2.45, 2.75) is 51.6 Å². The Labute approximate surface area is 166 Å². The molecule has 1 heterocycles. The summed E-state index contributed by atoms with van der Waals surface area (Å²) >= 11 is 0. The second-order valence-electron chi connectivity index (χ2n) is 7.92. The van der Waals surface area contributed by atoms with Crippen molar-refractivity contribution in [2.75, 3.05) is 0 Å². The summed E-state index contributed by atoms with van der Waals surface area (Å²) in [5, 5.41) is 3.04. The van der Waals surface area contributed by atoms with E-state index in [1.54, 1.807) is 6.26 Å². The first-order valence-corrected chi connectivity index (χ1v) is 9.65. The topological polar surface area (TPSA) is 81.2 Å². The average molecular weight is 390 g/mol. The Morgan fingerprint density at radius 1 is 1.22 bits per heavy atom. The van der Waals surface area contributed by atoms with E-state index in [0.717, 1.165) is 24.1 Å². The van der Waals surface area contributed by atoms with Gasteiger partial charge in [0.1, 0.15) is 6.26 Å². The molecule has 6 heteroatoms. The number of rotatable bonds is 4. The molecule has 2 fully saturated rings. The van der Waals surface area contributed by atoms with Crippen LogP contribution in [0.2, 0.25) is 0 Å². The molecule has 2 saturated carbocycles. The largest absolute Gasteiger partial charge is 0.444 e. The lowest BCUT2D eigenvalue weighted by Crippen LogP contribution is -2.49. The molecule has 0 aliphatic heterocycles. The molecular weight excluding hydrogens is 362 g/mol. The summed E-state index contributed by atoms with van der Waals surface area (Å²) in [7, 11) is 0. The van der Waals surface area contributed by atoms with Crippen LogP contribution in [-0.4, -0.2) is 16.9 Å². The lowest BCUT2D eigenvalue weighted by Gasteiger charge is -2.43. The smallest absolute Gasteiger partial charge is 0.226 e. The zero-order valence-electron chi connectivity index (χ0n) is 15.7. The monoisotopic (exact) mass is 389 g/mol. The van der Waals surface area contributed by atoms with Crippen LogP contribution in [0.15, 0.2) is 34.9 Å². The van der Waals surface area contributed by atoms with Gasteiger partial charge in [-0.25, -0.2) is 4.98 Å². The van der Waals surface area contributed by atoms with Crippen LogP contribution in [0.25, 0.3) is 11.5 Å². The Kier molecular flexibility index (Phi) is 6.22. The van der Waals surface area contributed by atoms with Crippen LogP contribution in [0.1, 0.15) is 43.4 Å². The molecule has 2 aliphatic rings. The Morgan fingerprint density at radius 3 is 2.56 bits per heavy atom. The lowest BCUT2D eigenvalue weighted by molar-refractivity contribution is -0.128. The molecule has 2 aromatic rings. The maximum atomic E-state index is 12.6. The van der Waals surface area contributed by atoms with Crippen molar-refractivity contribution in [3.63, 3.8) is 0 Å². The van der Waals surface area contributed by atoms with E-state index in [1.165, 1.54) is 24.8 Å².